The summed E-state index contributed by atoms with van der Waals surface area (Å²) in [6, 6.07) is -1.12. The molecule has 0 bridgehead atoms. The zero-order valence-electron chi connectivity index (χ0n) is 28.5. The van der Waals surface area contributed by atoms with Crippen LogP contribution in [0.3, 0.4) is 0 Å². The Labute approximate surface area is 281 Å². The van der Waals surface area contributed by atoms with Crippen LogP contribution in [0, 0.1) is 0 Å². The van der Waals surface area contributed by atoms with Gasteiger partial charge in [-0.3, -0.25) is 19.2 Å². The highest BCUT2D eigenvalue weighted by Crippen LogP contribution is 2.14. The number of hydrogen-bond acceptors (Lipinski definition) is 10. The summed E-state index contributed by atoms with van der Waals surface area (Å²) in [5.41, 5.74) is 5.47. The number of carbonyl (C=O) groups excluding carboxylic acids is 3. The molecule has 0 aliphatic carbocycles. The summed E-state index contributed by atoms with van der Waals surface area (Å²) in [6.07, 6.45) is 16.2. The van der Waals surface area contributed by atoms with Crippen molar-refractivity contribution < 1.29 is 53.1 Å². The number of rotatable bonds is 37. The van der Waals surface area contributed by atoms with Gasteiger partial charge in [0.1, 0.15) is 18.4 Å². The van der Waals surface area contributed by atoms with Crippen LogP contribution < -0.4 is 11.1 Å². The van der Waals surface area contributed by atoms with Gasteiger partial charge in [0, 0.05) is 25.7 Å². The third-order valence-corrected chi connectivity index (χ3v) is 7.58. The molecule has 5 N–H and O–H groups in total. The third kappa shape index (κ3) is 31.9. The van der Waals surface area contributed by atoms with E-state index in [-0.39, 0.29) is 50.7 Å². The molecule has 0 fully saturated rings. The van der Waals surface area contributed by atoms with Crippen LogP contribution in [0.2, 0.25) is 0 Å². The van der Waals surface area contributed by atoms with Crippen LogP contribution in [0.5, 0.6) is 0 Å². The number of unbranched alkanes of at least 4 members (excludes halogenated alkanes) is 13. The minimum atomic E-state index is -1.17. The molecule has 1 unspecified atom stereocenters. The fourth-order valence-corrected chi connectivity index (χ4v) is 4.75. The number of aldehydes is 1. The molecule has 274 valence electrons. The number of nitrogens with one attached hydrogen (secondary N) is 1. The van der Waals surface area contributed by atoms with Gasteiger partial charge in [0.15, 0.2) is 5.78 Å². The Bertz CT molecular complexity index is 813. The minimum absolute atomic E-state index is 0.000995. The highest BCUT2D eigenvalue weighted by Gasteiger charge is 2.20. The smallest absolute Gasteiger partial charge is 0.320 e. The van der Waals surface area contributed by atoms with E-state index in [1.165, 1.54) is 44.9 Å². The monoisotopic (exact) mass is 674 g/mol. The van der Waals surface area contributed by atoms with Gasteiger partial charge in [-0.15, -0.1) is 0 Å². The van der Waals surface area contributed by atoms with Crippen LogP contribution in [-0.2, 0) is 42.9 Å². The highest BCUT2D eigenvalue weighted by molar-refractivity contribution is 5.84. The van der Waals surface area contributed by atoms with Crippen molar-refractivity contribution in [3.8, 4) is 0 Å². The van der Waals surface area contributed by atoms with Crippen LogP contribution in [-0.4, -0.2) is 105 Å². The summed E-state index contributed by atoms with van der Waals surface area (Å²) in [4.78, 5) is 56.7. The van der Waals surface area contributed by atoms with Crippen molar-refractivity contribution >= 4 is 29.9 Å². The van der Waals surface area contributed by atoms with Gasteiger partial charge in [0.05, 0.1) is 52.8 Å². The Hall–Kier alpha value is -2.45. The highest BCUT2D eigenvalue weighted by atomic mass is 16.6. The second-order valence-electron chi connectivity index (χ2n) is 11.7. The summed E-state index contributed by atoms with van der Waals surface area (Å²) in [5, 5.41) is 20.2. The molecule has 13 nitrogen and oxygen atoms in total. The van der Waals surface area contributed by atoms with E-state index in [2.05, 4.69) is 5.32 Å². The Morgan fingerprint density at radius 1 is 0.617 bits per heavy atom. The van der Waals surface area contributed by atoms with Crippen LogP contribution in [0.15, 0.2) is 0 Å². The van der Waals surface area contributed by atoms with E-state index in [0.717, 1.165) is 51.2 Å². The van der Waals surface area contributed by atoms with Gasteiger partial charge in [-0.25, -0.2) is 0 Å². The predicted octanol–water partition coefficient (Wildman–Crippen LogP) is 4.21. The first-order valence-electron chi connectivity index (χ1n) is 17.6. The molecule has 0 aromatic heterocycles. The van der Waals surface area contributed by atoms with Crippen molar-refractivity contribution in [3.05, 3.63) is 0 Å². The van der Waals surface area contributed by atoms with Crippen molar-refractivity contribution in [1.82, 2.24) is 5.32 Å². The molecule has 0 saturated heterocycles. The summed E-state index contributed by atoms with van der Waals surface area (Å²) in [7, 11) is 0. The molecule has 13 heteroatoms. The normalized spacial score (nSPS) is 12.4. The number of amides is 1. The molecule has 0 radical (unpaired) electrons. The van der Waals surface area contributed by atoms with Crippen LogP contribution in [0.25, 0.3) is 0 Å². The lowest BCUT2D eigenvalue weighted by Crippen LogP contribution is -2.40. The number of ketones is 1. The average molecular weight is 675 g/mol. The Morgan fingerprint density at radius 3 is 1.53 bits per heavy atom. The van der Waals surface area contributed by atoms with Crippen molar-refractivity contribution in [1.29, 1.82) is 0 Å². The maximum atomic E-state index is 12.9. The van der Waals surface area contributed by atoms with E-state index in [1.54, 1.807) is 0 Å². The molecule has 0 aromatic carbocycles. The second-order valence-corrected chi connectivity index (χ2v) is 11.7. The number of hydrogen-bond donors (Lipinski definition) is 4. The third-order valence-electron chi connectivity index (χ3n) is 7.58. The van der Waals surface area contributed by atoms with Gasteiger partial charge in [-0.1, -0.05) is 77.0 Å². The zero-order chi connectivity index (χ0) is 34.8. The van der Waals surface area contributed by atoms with E-state index >= 15 is 0 Å². The van der Waals surface area contributed by atoms with Crippen molar-refractivity contribution in [2.45, 2.75) is 134 Å². The number of aliphatic carboxylic acids is 2. The van der Waals surface area contributed by atoms with Gasteiger partial charge >= 0.3 is 11.9 Å². The molecule has 0 saturated carbocycles. The molecule has 47 heavy (non-hydrogen) atoms. The molecule has 0 aliphatic heterocycles. The minimum Gasteiger partial charge on any atom is -0.481 e. The molecule has 2 atom stereocenters. The molecular weight excluding hydrogens is 612 g/mol. The lowest BCUT2D eigenvalue weighted by molar-refractivity contribution is -0.139. The summed E-state index contributed by atoms with van der Waals surface area (Å²) in [5.74, 6) is -2.36. The predicted molar refractivity (Wildman–Crippen MR) is 177 cm³/mol. The number of ether oxygens (including phenoxy) is 4. The van der Waals surface area contributed by atoms with Crippen molar-refractivity contribution in [2.75, 3.05) is 52.8 Å². The van der Waals surface area contributed by atoms with Crippen LogP contribution in [0.1, 0.15) is 122 Å². The Balaban J connectivity index is 4.13. The summed E-state index contributed by atoms with van der Waals surface area (Å²) in [6.45, 7) is 2.29. The maximum Gasteiger partial charge on any atom is 0.320 e. The molecule has 1 amide bonds. The maximum absolute atomic E-state index is 12.9. The lowest BCUT2D eigenvalue weighted by Gasteiger charge is -2.18. The molecule has 0 heterocycles. The Morgan fingerprint density at radius 2 is 1.06 bits per heavy atom. The largest absolute Gasteiger partial charge is 0.481 e. The lowest BCUT2D eigenvalue weighted by atomic mass is 10.0. The molecule has 0 spiro atoms. The quantitative estimate of drug-likeness (QED) is 0.0541. The van der Waals surface area contributed by atoms with E-state index < -0.39 is 24.1 Å². The van der Waals surface area contributed by atoms with E-state index in [4.69, 9.17) is 34.9 Å². The average Bonchev–Trinajstić information content (AvgIpc) is 3.04. The van der Waals surface area contributed by atoms with Crippen LogP contribution in [0.4, 0.5) is 0 Å². The Kier molecular flexibility index (Phi) is 31.7. The van der Waals surface area contributed by atoms with Crippen molar-refractivity contribution in [3.63, 3.8) is 0 Å². The SMILES string of the molecule is N[C@@H](CCC(=O)NCC(OCCOCCOCCOCCC=O)C(=O)CCCCCCCCCCCCCCCCC(=O)O)C(=O)O. The van der Waals surface area contributed by atoms with Crippen LogP contribution >= 0.6 is 0 Å². The zero-order valence-corrected chi connectivity index (χ0v) is 28.5. The number of carboxylic acid groups (broad SMARTS) is 2. The first-order valence-corrected chi connectivity index (χ1v) is 17.6. The van der Waals surface area contributed by atoms with E-state index in [0.29, 0.717) is 45.9 Å². The van der Waals surface area contributed by atoms with Crippen molar-refractivity contribution in [2.24, 2.45) is 5.73 Å². The topological polar surface area (TPSA) is 201 Å². The first-order chi connectivity index (χ1) is 22.8. The van der Waals surface area contributed by atoms with Gasteiger partial charge in [-0.2, -0.15) is 0 Å². The molecular formula is C34H62N2O11. The molecule has 0 rings (SSSR count). The molecule has 0 aromatic rings. The number of Topliss-reactive ketones (excluding diaryl/α,β-unsaturated/α-hetero) is 1. The summed E-state index contributed by atoms with van der Waals surface area (Å²) < 4.78 is 21.9. The fourth-order valence-electron chi connectivity index (χ4n) is 4.75. The van der Waals surface area contributed by atoms with Gasteiger partial charge in [0.2, 0.25) is 5.91 Å². The van der Waals surface area contributed by atoms with Gasteiger partial charge in [-0.05, 0) is 19.3 Å². The van der Waals surface area contributed by atoms with E-state index in [9.17, 15) is 24.0 Å². The fraction of sp³-hybridized carbons (Fsp3) is 0.853. The standard InChI is InChI=1S/C34H62N2O11/c35-29(34(42)43)18-19-32(39)36-28-31(47-27-26-46-25-24-45-23-22-44-21-15-20-37)30(38)16-13-11-9-7-5-3-1-2-4-6-8-10-12-14-17-33(40)41/h20,29,31H,1-19,21-28,35H2,(H,36,39)(H,40,41)(H,42,43)/t29-,31?/m0/s1. The number of carbonyl (C=O) groups is 5. The van der Waals surface area contributed by atoms with E-state index in [1.807, 2.05) is 0 Å². The van der Waals surface area contributed by atoms with Gasteiger partial charge < -0.3 is 45.0 Å². The number of nitrogens with two attached hydrogens (primary N) is 1. The van der Waals surface area contributed by atoms with Gasteiger partial charge in [0.25, 0.3) is 0 Å². The second kappa shape index (κ2) is 33.5. The molecule has 0 aliphatic rings. The summed E-state index contributed by atoms with van der Waals surface area (Å²) >= 11 is 0. The first kappa shape index (κ1) is 44.5. The number of carboxylic acids is 2.